The number of rotatable bonds is 14. The molecule has 0 amide bonds. The molecule has 1 aliphatic rings. The Kier molecular flexibility index (Phi) is 11.5. The lowest BCUT2D eigenvalue weighted by Gasteiger charge is -2.29. The third-order valence-electron chi connectivity index (χ3n) is 8.30. The van der Waals surface area contributed by atoms with Gasteiger partial charge in [-0.2, -0.15) is 0 Å². The van der Waals surface area contributed by atoms with E-state index in [1.165, 1.54) is 86.5 Å². The van der Waals surface area contributed by atoms with E-state index in [-0.39, 0.29) is 5.97 Å². The van der Waals surface area contributed by atoms with E-state index in [4.69, 9.17) is 4.74 Å². The Balaban J connectivity index is 1.11. The summed E-state index contributed by atoms with van der Waals surface area (Å²) in [4.78, 5) is 12.4. The Hall–Kier alpha value is -2.87. The maximum absolute atomic E-state index is 12.4. The third kappa shape index (κ3) is 9.15. The van der Waals surface area contributed by atoms with E-state index >= 15 is 0 Å². The molecule has 4 rings (SSSR count). The van der Waals surface area contributed by atoms with Crippen LogP contribution in [0.2, 0.25) is 0 Å². The fourth-order valence-electron chi connectivity index (χ4n) is 5.90. The number of benzene rings is 3. The molecule has 3 aromatic carbocycles. The highest BCUT2D eigenvalue weighted by atomic mass is 16.5. The topological polar surface area (TPSA) is 26.3 Å². The highest BCUT2D eigenvalue weighted by Crippen LogP contribution is 2.38. The zero-order valence-corrected chi connectivity index (χ0v) is 23.4. The summed E-state index contributed by atoms with van der Waals surface area (Å²) in [7, 11) is 0. The van der Waals surface area contributed by atoms with Crippen molar-refractivity contribution >= 4 is 5.97 Å². The first-order valence-electron chi connectivity index (χ1n) is 15.2. The van der Waals surface area contributed by atoms with Gasteiger partial charge in [0.05, 0.1) is 0 Å². The molecule has 0 spiro atoms. The Morgan fingerprint density at radius 1 is 0.711 bits per heavy atom. The van der Waals surface area contributed by atoms with E-state index in [1.54, 1.807) is 0 Å². The molecule has 1 fully saturated rings. The smallest absolute Gasteiger partial charge is 0.311 e. The molecule has 1 saturated carbocycles. The van der Waals surface area contributed by atoms with Crippen LogP contribution in [0.5, 0.6) is 5.75 Å². The molecule has 3 aromatic rings. The van der Waals surface area contributed by atoms with Gasteiger partial charge in [0.1, 0.15) is 5.75 Å². The number of unbranched alkanes of at least 4 members (excludes halogenated alkanes) is 5. The number of esters is 1. The van der Waals surface area contributed by atoms with Gasteiger partial charge in [-0.05, 0) is 91.2 Å². The molecule has 0 atom stereocenters. The average Bonchev–Trinajstić information content (AvgIpc) is 2.97. The Bertz CT molecular complexity index is 1060. The quantitative estimate of drug-likeness (QED) is 0.122. The number of carbonyl (C=O) groups is 1. The molecule has 38 heavy (non-hydrogen) atoms. The van der Waals surface area contributed by atoms with Gasteiger partial charge in [0.2, 0.25) is 0 Å². The van der Waals surface area contributed by atoms with E-state index in [9.17, 15) is 4.79 Å². The second-order valence-corrected chi connectivity index (χ2v) is 11.2. The van der Waals surface area contributed by atoms with Crippen molar-refractivity contribution in [3.63, 3.8) is 0 Å². The number of hydrogen-bond donors (Lipinski definition) is 0. The van der Waals surface area contributed by atoms with Crippen molar-refractivity contribution in [3.8, 4) is 16.9 Å². The summed E-state index contributed by atoms with van der Waals surface area (Å²) in [6.45, 7) is 2.28. The lowest BCUT2D eigenvalue weighted by atomic mass is 9.77. The number of ether oxygens (including phenoxy) is 1. The van der Waals surface area contributed by atoms with Crippen LogP contribution in [-0.2, 0) is 11.2 Å². The maximum atomic E-state index is 12.4. The summed E-state index contributed by atoms with van der Waals surface area (Å²) in [6, 6.07) is 27.5. The zero-order chi connectivity index (χ0) is 26.4. The molecule has 0 aromatic heterocycles. The van der Waals surface area contributed by atoms with Crippen molar-refractivity contribution in [1.29, 1.82) is 0 Å². The van der Waals surface area contributed by atoms with Crippen LogP contribution in [0.3, 0.4) is 0 Å². The Morgan fingerprint density at radius 3 is 2.11 bits per heavy atom. The predicted octanol–water partition coefficient (Wildman–Crippen LogP) is 10.3. The Labute approximate surface area is 230 Å². The van der Waals surface area contributed by atoms with Crippen LogP contribution in [0.15, 0.2) is 78.9 Å². The van der Waals surface area contributed by atoms with Gasteiger partial charge in [0, 0.05) is 6.42 Å². The molecule has 0 aliphatic heterocycles. The van der Waals surface area contributed by atoms with E-state index in [1.807, 2.05) is 18.2 Å². The summed E-state index contributed by atoms with van der Waals surface area (Å²) in [5.74, 6) is 2.15. The summed E-state index contributed by atoms with van der Waals surface area (Å²) in [5, 5.41) is 0. The zero-order valence-electron chi connectivity index (χ0n) is 23.4. The van der Waals surface area contributed by atoms with Gasteiger partial charge in [-0.25, -0.2) is 0 Å². The highest BCUT2D eigenvalue weighted by Gasteiger charge is 2.22. The van der Waals surface area contributed by atoms with Crippen LogP contribution in [-0.4, -0.2) is 5.97 Å². The van der Waals surface area contributed by atoms with Gasteiger partial charge in [0.25, 0.3) is 0 Å². The van der Waals surface area contributed by atoms with Gasteiger partial charge in [-0.1, -0.05) is 112 Å². The van der Waals surface area contributed by atoms with Gasteiger partial charge >= 0.3 is 5.97 Å². The molecule has 0 radical (unpaired) electrons. The molecule has 2 heteroatoms. The van der Waals surface area contributed by atoms with Crippen molar-refractivity contribution in [3.05, 3.63) is 90.0 Å². The molecule has 1 aliphatic carbocycles. The minimum absolute atomic E-state index is 0.128. The number of carbonyl (C=O) groups excluding carboxylic acids is 1. The Morgan fingerprint density at radius 2 is 1.39 bits per heavy atom. The standard InChI is InChI=1S/C36H46O2/c1-2-3-4-5-7-12-29-19-23-33(24-20-29)34-25-27-35(28-26-34)38-36(37)16-11-10-13-30-17-21-32(22-18-30)31-14-8-6-9-15-31/h6,8-9,14-15,17-18,21-22,25-29,33H,2-5,7,10-13,16,19-20,23-24H2,1H3. The second-order valence-electron chi connectivity index (χ2n) is 11.2. The van der Waals surface area contributed by atoms with E-state index in [2.05, 4.69) is 67.6 Å². The van der Waals surface area contributed by atoms with Crippen LogP contribution in [0.25, 0.3) is 11.1 Å². The summed E-state index contributed by atoms with van der Waals surface area (Å²) in [5.41, 5.74) is 5.20. The fraction of sp³-hybridized carbons (Fsp3) is 0.472. The van der Waals surface area contributed by atoms with Crippen LogP contribution >= 0.6 is 0 Å². The maximum Gasteiger partial charge on any atom is 0.311 e. The van der Waals surface area contributed by atoms with Crippen LogP contribution in [0.4, 0.5) is 0 Å². The lowest BCUT2D eigenvalue weighted by molar-refractivity contribution is -0.134. The lowest BCUT2D eigenvalue weighted by Crippen LogP contribution is -2.13. The molecule has 0 bridgehead atoms. The normalized spacial score (nSPS) is 17.3. The monoisotopic (exact) mass is 510 g/mol. The van der Waals surface area contributed by atoms with Gasteiger partial charge in [0.15, 0.2) is 0 Å². The van der Waals surface area contributed by atoms with Crippen molar-refractivity contribution in [2.75, 3.05) is 0 Å². The van der Waals surface area contributed by atoms with Crippen molar-refractivity contribution in [1.82, 2.24) is 0 Å². The van der Waals surface area contributed by atoms with Crippen molar-refractivity contribution in [2.45, 2.75) is 103 Å². The minimum atomic E-state index is -0.128. The van der Waals surface area contributed by atoms with Gasteiger partial charge < -0.3 is 4.74 Å². The van der Waals surface area contributed by atoms with E-state index in [0.29, 0.717) is 18.1 Å². The predicted molar refractivity (Wildman–Crippen MR) is 160 cm³/mol. The summed E-state index contributed by atoms with van der Waals surface area (Å²) >= 11 is 0. The number of hydrogen-bond acceptors (Lipinski definition) is 2. The third-order valence-corrected chi connectivity index (χ3v) is 8.30. The molecule has 2 nitrogen and oxygen atoms in total. The molecule has 0 N–H and O–H groups in total. The molecular formula is C36H46O2. The molecule has 0 heterocycles. The average molecular weight is 511 g/mol. The molecule has 0 saturated heterocycles. The van der Waals surface area contributed by atoms with Crippen molar-refractivity contribution in [2.24, 2.45) is 5.92 Å². The van der Waals surface area contributed by atoms with Crippen molar-refractivity contribution < 1.29 is 9.53 Å². The van der Waals surface area contributed by atoms with Crippen LogP contribution in [0, 0.1) is 5.92 Å². The minimum Gasteiger partial charge on any atom is -0.427 e. The van der Waals surface area contributed by atoms with E-state index in [0.717, 1.165) is 25.2 Å². The van der Waals surface area contributed by atoms with Gasteiger partial charge in [-0.3, -0.25) is 4.79 Å². The van der Waals surface area contributed by atoms with Crippen LogP contribution < -0.4 is 4.74 Å². The first kappa shape index (κ1) is 28.1. The largest absolute Gasteiger partial charge is 0.427 e. The highest BCUT2D eigenvalue weighted by molar-refractivity contribution is 5.72. The molecule has 202 valence electrons. The first-order chi connectivity index (χ1) is 18.7. The fourth-order valence-corrected chi connectivity index (χ4v) is 5.90. The molecule has 0 unspecified atom stereocenters. The van der Waals surface area contributed by atoms with Gasteiger partial charge in [-0.15, -0.1) is 0 Å². The second kappa shape index (κ2) is 15.5. The first-order valence-corrected chi connectivity index (χ1v) is 15.2. The van der Waals surface area contributed by atoms with E-state index < -0.39 is 0 Å². The molecular weight excluding hydrogens is 464 g/mol. The number of aryl methyl sites for hydroxylation is 1. The summed E-state index contributed by atoms with van der Waals surface area (Å²) in [6.07, 6.45) is 17.0. The SMILES string of the molecule is CCCCCCCC1CCC(c2ccc(OC(=O)CCCCc3ccc(-c4ccccc4)cc3)cc2)CC1. The van der Waals surface area contributed by atoms with Crippen LogP contribution in [0.1, 0.15) is 107 Å². The summed E-state index contributed by atoms with van der Waals surface area (Å²) < 4.78 is 5.62.